The highest BCUT2D eigenvalue weighted by Crippen LogP contribution is 2.03. The largest absolute Gasteiger partial charge is 0.310 e. The Morgan fingerprint density at radius 2 is 1.69 bits per heavy atom. The molecule has 1 aromatic carbocycles. The van der Waals surface area contributed by atoms with Gasteiger partial charge < -0.3 is 5.32 Å². The lowest BCUT2D eigenvalue weighted by Crippen LogP contribution is -2.30. The van der Waals surface area contributed by atoms with Crippen LogP contribution in [0.3, 0.4) is 0 Å². The first-order chi connectivity index (χ1) is 6.20. The highest BCUT2D eigenvalue weighted by molar-refractivity contribution is 5.14. The standard InChI is InChI=1S/C12H19N/c1-10(2)11(3)13-9-12-7-5-4-6-8-12/h4-8,10-11,13H,9H2,1-3H3. The van der Waals surface area contributed by atoms with Crippen molar-refractivity contribution in [2.75, 3.05) is 0 Å². The van der Waals surface area contributed by atoms with E-state index in [0.717, 1.165) is 6.54 Å². The summed E-state index contributed by atoms with van der Waals surface area (Å²) in [4.78, 5) is 0. The van der Waals surface area contributed by atoms with E-state index >= 15 is 0 Å². The third kappa shape index (κ3) is 3.60. The van der Waals surface area contributed by atoms with E-state index in [1.807, 2.05) is 0 Å². The third-order valence-electron chi connectivity index (χ3n) is 2.47. The summed E-state index contributed by atoms with van der Waals surface area (Å²) in [6.45, 7) is 7.68. The Hall–Kier alpha value is -0.820. The van der Waals surface area contributed by atoms with E-state index in [-0.39, 0.29) is 0 Å². The van der Waals surface area contributed by atoms with Crippen molar-refractivity contribution in [1.29, 1.82) is 0 Å². The van der Waals surface area contributed by atoms with Gasteiger partial charge in [0.05, 0.1) is 0 Å². The molecule has 1 rings (SSSR count). The molecular weight excluding hydrogens is 158 g/mol. The summed E-state index contributed by atoms with van der Waals surface area (Å²) < 4.78 is 0. The van der Waals surface area contributed by atoms with Crippen molar-refractivity contribution >= 4 is 0 Å². The highest BCUT2D eigenvalue weighted by Gasteiger charge is 2.04. The van der Waals surface area contributed by atoms with Gasteiger partial charge in [0, 0.05) is 12.6 Å². The van der Waals surface area contributed by atoms with Gasteiger partial charge in [-0.2, -0.15) is 0 Å². The maximum atomic E-state index is 3.50. The molecule has 0 heterocycles. The van der Waals surface area contributed by atoms with Gasteiger partial charge >= 0.3 is 0 Å². The van der Waals surface area contributed by atoms with Crippen LogP contribution >= 0.6 is 0 Å². The van der Waals surface area contributed by atoms with Crippen LogP contribution in [-0.4, -0.2) is 6.04 Å². The van der Waals surface area contributed by atoms with Gasteiger partial charge in [-0.3, -0.25) is 0 Å². The Morgan fingerprint density at radius 3 is 2.23 bits per heavy atom. The number of hydrogen-bond donors (Lipinski definition) is 1. The summed E-state index contributed by atoms with van der Waals surface area (Å²) in [5.41, 5.74) is 1.36. The van der Waals surface area contributed by atoms with Crippen LogP contribution in [0.1, 0.15) is 26.3 Å². The zero-order valence-electron chi connectivity index (χ0n) is 8.75. The molecule has 0 aliphatic carbocycles. The molecule has 0 aromatic heterocycles. The monoisotopic (exact) mass is 177 g/mol. The number of nitrogens with one attached hydrogen (secondary N) is 1. The molecule has 1 atom stereocenters. The minimum absolute atomic E-state index is 0.584. The molecule has 0 radical (unpaired) electrons. The predicted octanol–water partition coefficient (Wildman–Crippen LogP) is 2.82. The molecule has 1 aromatic rings. The molecule has 1 unspecified atom stereocenters. The molecular formula is C12H19N. The summed E-state index contributed by atoms with van der Waals surface area (Å²) in [5, 5.41) is 3.50. The van der Waals surface area contributed by atoms with Crippen LogP contribution < -0.4 is 5.32 Å². The van der Waals surface area contributed by atoms with Gasteiger partial charge in [-0.1, -0.05) is 44.2 Å². The first-order valence-corrected chi connectivity index (χ1v) is 4.97. The van der Waals surface area contributed by atoms with Crippen molar-refractivity contribution in [2.24, 2.45) is 5.92 Å². The van der Waals surface area contributed by atoms with Gasteiger partial charge in [0.1, 0.15) is 0 Å². The molecule has 1 N–H and O–H groups in total. The zero-order chi connectivity index (χ0) is 9.68. The Kier molecular flexibility index (Phi) is 3.97. The molecule has 0 aliphatic rings. The summed E-state index contributed by atoms with van der Waals surface area (Å²) >= 11 is 0. The predicted molar refractivity (Wildman–Crippen MR) is 57.6 cm³/mol. The van der Waals surface area contributed by atoms with Crippen molar-refractivity contribution in [2.45, 2.75) is 33.4 Å². The second-order valence-corrected chi connectivity index (χ2v) is 3.90. The molecule has 0 aliphatic heterocycles. The average Bonchev–Trinajstić information content (AvgIpc) is 2.15. The van der Waals surface area contributed by atoms with Crippen LogP contribution in [-0.2, 0) is 6.54 Å². The molecule has 0 amide bonds. The smallest absolute Gasteiger partial charge is 0.0208 e. The van der Waals surface area contributed by atoms with E-state index in [9.17, 15) is 0 Å². The molecule has 0 fully saturated rings. The fraction of sp³-hybridized carbons (Fsp3) is 0.500. The summed E-state index contributed by atoms with van der Waals surface area (Å²) in [6, 6.07) is 11.1. The Labute approximate surface area is 81.2 Å². The normalized spacial score (nSPS) is 13.2. The fourth-order valence-corrected chi connectivity index (χ4v) is 1.11. The molecule has 0 saturated carbocycles. The quantitative estimate of drug-likeness (QED) is 0.745. The molecule has 13 heavy (non-hydrogen) atoms. The highest BCUT2D eigenvalue weighted by atomic mass is 14.9. The Balaban J connectivity index is 2.35. The molecule has 1 nitrogen and oxygen atoms in total. The van der Waals surface area contributed by atoms with Gasteiger partial charge in [-0.25, -0.2) is 0 Å². The summed E-state index contributed by atoms with van der Waals surface area (Å²) in [6.07, 6.45) is 0. The van der Waals surface area contributed by atoms with E-state index in [1.165, 1.54) is 5.56 Å². The van der Waals surface area contributed by atoms with Gasteiger partial charge in [-0.15, -0.1) is 0 Å². The zero-order valence-corrected chi connectivity index (χ0v) is 8.75. The van der Waals surface area contributed by atoms with Crippen molar-refractivity contribution in [1.82, 2.24) is 5.32 Å². The molecule has 0 spiro atoms. The second kappa shape index (κ2) is 5.03. The van der Waals surface area contributed by atoms with Crippen LogP contribution in [0, 0.1) is 5.92 Å². The van der Waals surface area contributed by atoms with Gasteiger partial charge in [-0.05, 0) is 18.4 Å². The van der Waals surface area contributed by atoms with E-state index in [1.54, 1.807) is 0 Å². The maximum Gasteiger partial charge on any atom is 0.0208 e. The van der Waals surface area contributed by atoms with Crippen LogP contribution in [0.5, 0.6) is 0 Å². The lowest BCUT2D eigenvalue weighted by Gasteiger charge is -2.17. The summed E-state index contributed by atoms with van der Waals surface area (Å²) in [7, 11) is 0. The first-order valence-electron chi connectivity index (χ1n) is 4.97. The molecule has 72 valence electrons. The Bertz CT molecular complexity index is 228. The topological polar surface area (TPSA) is 12.0 Å². The van der Waals surface area contributed by atoms with Gasteiger partial charge in [0.25, 0.3) is 0 Å². The van der Waals surface area contributed by atoms with Crippen molar-refractivity contribution in [3.05, 3.63) is 35.9 Å². The van der Waals surface area contributed by atoms with Crippen molar-refractivity contribution < 1.29 is 0 Å². The number of benzene rings is 1. The SMILES string of the molecule is CC(C)C(C)NCc1ccccc1. The van der Waals surface area contributed by atoms with Crippen LogP contribution in [0.15, 0.2) is 30.3 Å². The fourth-order valence-electron chi connectivity index (χ4n) is 1.11. The third-order valence-corrected chi connectivity index (χ3v) is 2.47. The number of hydrogen-bond acceptors (Lipinski definition) is 1. The minimum Gasteiger partial charge on any atom is -0.310 e. The average molecular weight is 177 g/mol. The van der Waals surface area contributed by atoms with E-state index < -0.39 is 0 Å². The van der Waals surface area contributed by atoms with Crippen molar-refractivity contribution in [3.63, 3.8) is 0 Å². The minimum atomic E-state index is 0.584. The molecule has 1 heteroatoms. The van der Waals surface area contributed by atoms with E-state index in [4.69, 9.17) is 0 Å². The van der Waals surface area contributed by atoms with E-state index in [0.29, 0.717) is 12.0 Å². The lowest BCUT2D eigenvalue weighted by molar-refractivity contribution is 0.426. The summed E-state index contributed by atoms with van der Waals surface area (Å²) in [5.74, 6) is 0.698. The van der Waals surface area contributed by atoms with E-state index in [2.05, 4.69) is 56.4 Å². The van der Waals surface area contributed by atoms with Crippen LogP contribution in [0.2, 0.25) is 0 Å². The number of rotatable bonds is 4. The lowest BCUT2D eigenvalue weighted by atomic mass is 10.1. The maximum absolute atomic E-state index is 3.50. The van der Waals surface area contributed by atoms with Gasteiger partial charge in [0.2, 0.25) is 0 Å². The van der Waals surface area contributed by atoms with Gasteiger partial charge in [0.15, 0.2) is 0 Å². The molecule has 0 bridgehead atoms. The second-order valence-electron chi connectivity index (χ2n) is 3.90. The Morgan fingerprint density at radius 1 is 1.08 bits per heavy atom. The van der Waals surface area contributed by atoms with Crippen LogP contribution in [0.25, 0.3) is 0 Å². The first kappa shape index (κ1) is 10.3. The van der Waals surface area contributed by atoms with Crippen molar-refractivity contribution in [3.8, 4) is 0 Å². The molecule has 0 saturated heterocycles. The van der Waals surface area contributed by atoms with Crippen LogP contribution in [0.4, 0.5) is 0 Å².